The van der Waals surface area contributed by atoms with Gasteiger partial charge < -0.3 is 0 Å². The molecular formula is C19H16ClFN2O4S2. The highest BCUT2D eigenvalue weighted by Gasteiger charge is 2.19. The number of anilines is 2. The largest absolute Gasteiger partial charge is 0.280 e. The fraction of sp³-hybridized carbons (Fsp3) is 0.0526. The van der Waals surface area contributed by atoms with Gasteiger partial charge in [-0.3, -0.25) is 9.44 Å². The van der Waals surface area contributed by atoms with Crippen molar-refractivity contribution < 1.29 is 21.2 Å². The third kappa shape index (κ3) is 5.06. The number of rotatable bonds is 6. The molecule has 0 aliphatic carbocycles. The molecule has 6 nitrogen and oxygen atoms in total. The Morgan fingerprint density at radius 3 is 1.93 bits per heavy atom. The summed E-state index contributed by atoms with van der Waals surface area (Å²) in [7, 11) is -7.99. The van der Waals surface area contributed by atoms with Crippen molar-refractivity contribution in [1.29, 1.82) is 0 Å². The van der Waals surface area contributed by atoms with Crippen molar-refractivity contribution in [1.82, 2.24) is 0 Å². The van der Waals surface area contributed by atoms with Crippen molar-refractivity contribution in [3.05, 3.63) is 83.1 Å². The van der Waals surface area contributed by atoms with E-state index in [2.05, 4.69) is 9.44 Å². The molecule has 0 spiro atoms. The summed E-state index contributed by atoms with van der Waals surface area (Å²) in [6.45, 7) is 1.63. The molecule has 0 aliphatic rings. The van der Waals surface area contributed by atoms with Gasteiger partial charge in [-0.15, -0.1) is 0 Å². The molecule has 0 atom stereocenters. The number of halogens is 2. The lowest BCUT2D eigenvalue weighted by molar-refractivity contribution is 0.597. The van der Waals surface area contributed by atoms with Crippen LogP contribution in [0.1, 0.15) is 5.56 Å². The number of hydrogen-bond acceptors (Lipinski definition) is 4. The Labute approximate surface area is 173 Å². The van der Waals surface area contributed by atoms with E-state index in [0.29, 0.717) is 16.3 Å². The van der Waals surface area contributed by atoms with Crippen LogP contribution in [0.25, 0.3) is 0 Å². The van der Waals surface area contributed by atoms with E-state index in [1.807, 2.05) is 0 Å². The van der Waals surface area contributed by atoms with Crippen LogP contribution >= 0.6 is 11.6 Å². The van der Waals surface area contributed by atoms with E-state index >= 15 is 0 Å². The molecule has 3 rings (SSSR count). The minimum atomic E-state index is -4.03. The highest BCUT2D eigenvalue weighted by Crippen LogP contribution is 2.25. The summed E-state index contributed by atoms with van der Waals surface area (Å²) >= 11 is 5.80. The number of benzene rings is 3. The van der Waals surface area contributed by atoms with Crippen LogP contribution in [0.4, 0.5) is 15.8 Å². The molecule has 0 unspecified atom stereocenters. The van der Waals surface area contributed by atoms with Gasteiger partial charge in [-0.05, 0) is 73.2 Å². The Morgan fingerprint density at radius 2 is 1.31 bits per heavy atom. The Bertz CT molecular complexity index is 1240. The zero-order valence-electron chi connectivity index (χ0n) is 15.1. The molecular weight excluding hydrogens is 439 g/mol. The molecule has 10 heteroatoms. The first-order valence-corrected chi connectivity index (χ1v) is 11.6. The molecule has 0 fully saturated rings. The predicted molar refractivity (Wildman–Crippen MR) is 111 cm³/mol. The first-order valence-electron chi connectivity index (χ1n) is 8.24. The van der Waals surface area contributed by atoms with Gasteiger partial charge in [-0.1, -0.05) is 17.7 Å². The first kappa shape index (κ1) is 21.1. The van der Waals surface area contributed by atoms with Crippen LogP contribution in [-0.2, 0) is 20.0 Å². The van der Waals surface area contributed by atoms with E-state index < -0.39 is 25.9 Å². The van der Waals surface area contributed by atoms with Crippen LogP contribution in [0.3, 0.4) is 0 Å². The zero-order chi connectivity index (χ0) is 21.2. The Kier molecular flexibility index (Phi) is 5.83. The van der Waals surface area contributed by atoms with Gasteiger partial charge in [0.05, 0.1) is 15.5 Å². The van der Waals surface area contributed by atoms with Crippen LogP contribution in [0.2, 0.25) is 5.02 Å². The van der Waals surface area contributed by atoms with Crippen molar-refractivity contribution in [3.63, 3.8) is 0 Å². The number of sulfonamides is 2. The zero-order valence-corrected chi connectivity index (χ0v) is 17.4. The van der Waals surface area contributed by atoms with E-state index in [9.17, 15) is 21.2 Å². The maximum atomic E-state index is 13.1. The molecule has 0 bridgehead atoms. The van der Waals surface area contributed by atoms with Gasteiger partial charge in [0.15, 0.2) is 0 Å². The number of hydrogen-bond donors (Lipinski definition) is 2. The molecule has 0 radical (unpaired) electrons. The maximum Gasteiger partial charge on any atom is 0.261 e. The van der Waals surface area contributed by atoms with Crippen molar-refractivity contribution in [3.8, 4) is 0 Å². The lowest BCUT2D eigenvalue weighted by atomic mass is 10.2. The minimum absolute atomic E-state index is 0.0910. The maximum absolute atomic E-state index is 13.1. The summed E-state index contributed by atoms with van der Waals surface area (Å²) in [4.78, 5) is -0.277. The van der Waals surface area contributed by atoms with E-state index in [0.717, 1.165) is 24.3 Å². The van der Waals surface area contributed by atoms with Crippen LogP contribution in [0.5, 0.6) is 0 Å². The highest BCUT2D eigenvalue weighted by atomic mass is 35.5. The number of aryl methyl sites for hydroxylation is 1. The molecule has 2 N–H and O–H groups in total. The summed E-state index contributed by atoms with van der Waals surface area (Å²) in [6.07, 6.45) is 0. The quantitative estimate of drug-likeness (QED) is 0.577. The van der Waals surface area contributed by atoms with E-state index in [-0.39, 0.29) is 15.5 Å². The summed E-state index contributed by atoms with van der Waals surface area (Å²) in [5, 5.41) is 0.459. The van der Waals surface area contributed by atoms with Crippen molar-refractivity contribution >= 4 is 43.0 Å². The molecule has 0 aromatic heterocycles. The van der Waals surface area contributed by atoms with Crippen LogP contribution in [0, 0.1) is 12.7 Å². The third-order valence-corrected chi connectivity index (χ3v) is 7.00. The fourth-order valence-corrected chi connectivity index (χ4v) is 4.76. The van der Waals surface area contributed by atoms with E-state index in [4.69, 9.17) is 11.6 Å². The van der Waals surface area contributed by atoms with Gasteiger partial charge in [0.1, 0.15) is 5.82 Å². The van der Waals surface area contributed by atoms with Gasteiger partial charge in [-0.2, -0.15) is 0 Å². The minimum Gasteiger partial charge on any atom is -0.280 e. The average Bonchev–Trinajstić information content (AvgIpc) is 2.65. The second-order valence-electron chi connectivity index (χ2n) is 6.15. The third-order valence-electron chi connectivity index (χ3n) is 3.98. The normalized spacial score (nSPS) is 11.8. The average molecular weight is 455 g/mol. The molecule has 0 amide bonds. The SMILES string of the molecule is Cc1ccc(S(=O)(=O)Nc2ccc(Cl)cc2)cc1NS(=O)(=O)c1ccc(F)cc1. The fourth-order valence-electron chi connectivity index (χ4n) is 2.43. The lowest BCUT2D eigenvalue weighted by Crippen LogP contribution is -2.16. The van der Waals surface area contributed by atoms with Crippen molar-refractivity contribution in [2.75, 3.05) is 9.44 Å². The molecule has 3 aromatic rings. The predicted octanol–water partition coefficient (Wildman–Crippen LogP) is 4.39. The van der Waals surface area contributed by atoms with E-state index in [1.165, 1.54) is 42.5 Å². The van der Waals surface area contributed by atoms with Crippen molar-refractivity contribution in [2.24, 2.45) is 0 Å². The second kappa shape index (κ2) is 8.02. The molecule has 29 heavy (non-hydrogen) atoms. The molecule has 3 aromatic carbocycles. The molecule has 0 saturated heterocycles. The van der Waals surface area contributed by atoms with Gasteiger partial charge in [-0.25, -0.2) is 21.2 Å². The summed E-state index contributed by atoms with van der Waals surface area (Å²) in [5.41, 5.74) is 0.915. The van der Waals surface area contributed by atoms with Gasteiger partial charge in [0.2, 0.25) is 0 Å². The van der Waals surface area contributed by atoms with E-state index in [1.54, 1.807) is 6.92 Å². The second-order valence-corrected chi connectivity index (χ2v) is 9.95. The Hall–Kier alpha value is -2.62. The standard InChI is InChI=1S/C19H16ClFN2O4S2/c1-13-2-9-18(29(26,27)22-16-7-3-14(20)4-8-16)12-19(13)23-28(24,25)17-10-5-15(21)6-11-17/h2-12,22-23H,1H3. The van der Waals surface area contributed by atoms with Crippen LogP contribution in [-0.4, -0.2) is 16.8 Å². The molecule has 0 heterocycles. The number of nitrogens with one attached hydrogen (secondary N) is 2. The van der Waals surface area contributed by atoms with Crippen LogP contribution < -0.4 is 9.44 Å². The first-order chi connectivity index (χ1) is 13.6. The van der Waals surface area contributed by atoms with Gasteiger partial charge in [0, 0.05) is 10.7 Å². The summed E-state index contributed by atoms with van der Waals surface area (Å²) in [5.74, 6) is -0.568. The van der Waals surface area contributed by atoms with Crippen molar-refractivity contribution in [2.45, 2.75) is 16.7 Å². The van der Waals surface area contributed by atoms with Gasteiger partial charge >= 0.3 is 0 Å². The molecule has 152 valence electrons. The smallest absolute Gasteiger partial charge is 0.261 e. The molecule has 0 aliphatic heterocycles. The summed E-state index contributed by atoms with van der Waals surface area (Å²) < 4.78 is 68.2. The molecule has 0 saturated carbocycles. The Morgan fingerprint density at radius 1 is 0.759 bits per heavy atom. The van der Waals surface area contributed by atoms with Crippen LogP contribution in [0.15, 0.2) is 76.5 Å². The highest BCUT2D eigenvalue weighted by molar-refractivity contribution is 7.93. The van der Waals surface area contributed by atoms with Gasteiger partial charge in [0.25, 0.3) is 20.0 Å². The monoisotopic (exact) mass is 454 g/mol. The summed E-state index contributed by atoms with van der Waals surface area (Å²) in [6, 6.07) is 14.4. The lowest BCUT2D eigenvalue weighted by Gasteiger charge is -2.13. The Balaban J connectivity index is 1.91. The topological polar surface area (TPSA) is 92.3 Å².